The van der Waals surface area contributed by atoms with Crippen LogP contribution in [0.5, 0.6) is 0 Å². The van der Waals surface area contributed by atoms with Crippen LogP contribution in [-0.2, 0) is 0 Å². The Morgan fingerprint density at radius 3 is 2.55 bits per heavy atom. The van der Waals surface area contributed by atoms with Crippen LogP contribution in [0.4, 0.5) is 0 Å². The highest BCUT2D eigenvalue weighted by atomic mass is 32.2. The third-order valence-electron chi connectivity index (χ3n) is 0.841. The van der Waals surface area contributed by atoms with Gasteiger partial charge in [0, 0.05) is 12.3 Å². The van der Waals surface area contributed by atoms with E-state index >= 15 is 0 Å². The summed E-state index contributed by atoms with van der Waals surface area (Å²) in [5.74, 6) is 0. The van der Waals surface area contributed by atoms with Crippen LogP contribution in [0.2, 0.25) is 0 Å². The first-order valence-electron chi connectivity index (χ1n) is 3.42. The van der Waals surface area contributed by atoms with E-state index in [0.717, 1.165) is 0 Å². The maximum atomic E-state index is 10.5. The van der Waals surface area contributed by atoms with E-state index in [-0.39, 0.29) is 5.56 Å². The van der Waals surface area contributed by atoms with Crippen molar-refractivity contribution in [2.75, 3.05) is 6.26 Å². The topological polar surface area (TPSA) is 45.8 Å². The van der Waals surface area contributed by atoms with Crippen molar-refractivity contribution in [2.45, 2.75) is 19.0 Å². The van der Waals surface area contributed by atoms with Crippen LogP contribution in [-0.4, -0.2) is 16.2 Å². The molecule has 1 heterocycles. The Kier molecular flexibility index (Phi) is 5.56. The molecule has 0 saturated carbocycles. The van der Waals surface area contributed by atoms with E-state index < -0.39 is 0 Å². The average Bonchev–Trinajstić information content (AvgIpc) is 2.08. The highest BCUT2D eigenvalue weighted by Gasteiger charge is 1.87. The number of aromatic amines is 1. The van der Waals surface area contributed by atoms with E-state index in [2.05, 4.69) is 9.97 Å². The SMILES string of the molecule is CC.CSc1nccc(=O)[nH]1. The molecule has 0 spiro atoms. The van der Waals surface area contributed by atoms with Gasteiger partial charge in [0.25, 0.3) is 5.56 Å². The second kappa shape index (κ2) is 5.97. The van der Waals surface area contributed by atoms with Gasteiger partial charge in [-0.05, 0) is 6.26 Å². The summed E-state index contributed by atoms with van der Waals surface area (Å²) in [5.41, 5.74) is -0.102. The number of hydrogen-bond acceptors (Lipinski definition) is 3. The molecule has 0 aromatic carbocycles. The second-order valence-electron chi connectivity index (χ2n) is 1.44. The molecule has 0 saturated heterocycles. The number of rotatable bonds is 1. The van der Waals surface area contributed by atoms with Crippen molar-refractivity contribution in [3.8, 4) is 0 Å². The third kappa shape index (κ3) is 3.83. The number of hydrogen-bond donors (Lipinski definition) is 1. The molecule has 11 heavy (non-hydrogen) atoms. The molecule has 1 aromatic heterocycles. The van der Waals surface area contributed by atoms with Gasteiger partial charge in [0.2, 0.25) is 0 Å². The van der Waals surface area contributed by atoms with E-state index in [1.54, 1.807) is 0 Å². The van der Waals surface area contributed by atoms with Crippen LogP contribution in [0.3, 0.4) is 0 Å². The molecule has 0 radical (unpaired) electrons. The zero-order chi connectivity index (χ0) is 8.69. The Morgan fingerprint density at radius 2 is 2.18 bits per heavy atom. The summed E-state index contributed by atoms with van der Waals surface area (Å²) >= 11 is 1.42. The molecule has 3 nitrogen and oxygen atoms in total. The zero-order valence-electron chi connectivity index (χ0n) is 6.92. The molecule has 0 bridgehead atoms. The fourth-order valence-corrected chi connectivity index (χ4v) is 0.825. The van der Waals surface area contributed by atoms with Gasteiger partial charge in [-0.3, -0.25) is 4.79 Å². The summed E-state index contributed by atoms with van der Waals surface area (Å²) in [6.07, 6.45) is 3.35. The van der Waals surface area contributed by atoms with E-state index in [1.807, 2.05) is 20.1 Å². The summed E-state index contributed by atoms with van der Waals surface area (Å²) in [6, 6.07) is 1.39. The van der Waals surface area contributed by atoms with Crippen molar-refractivity contribution in [3.63, 3.8) is 0 Å². The molecule has 62 valence electrons. The number of thioether (sulfide) groups is 1. The van der Waals surface area contributed by atoms with Gasteiger partial charge in [-0.25, -0.2) is 4.98 Å². The zero-order valence-corrected chi connectivity index (χ0v) is 7.73. The van der Waals surface area contributed by atoms with Crippen molar-refractivity contribution in [1.82, 2.24) is 9.97 Å². The highest BCUT2D eigenvalue weighted by molar-refractivity contribution is 7.98. The number of nitrogens with one attached hydrogen (secondary N) is 1. The van der Waals surface area contributed by atoms with Gasteiger partial charge >= 0.3 is 0 Å². The molecular weight excluding hydrogens is 160 g/mol. The number of aromatic nitrogens is 2. The molecule has 0 aliphatic carbocycles. The smallest absolute Gasteiger partial charge is 0.251 e. The molecule has 0 unspecified atom stereocenters. The first-order chi connectivity index (χ1) is 5.33. The Balaban J connectivity index is 0.000000461. The average molecular weight is 172 g/mol. The third-order valence-corrected chi connectivity index (χ3v) is 1.44. The number of H-pyrrole nitrogens is 1. The van der Waals surface area contributed by atoms with Crippen molar-refractivity contribution < 1.29 is 0 Å². The summed E-state index contributed by atoms with van der Waals surface area (Å²) in [4.78, 5) is 17.0. The van der Waals surface area contributed by atoms with Crippen LogP contribution < -0.4 is 5.56 Å². The van der Waals surface area contributed by atoms with Crippen molar-refractivity contribution >= 4 is 11.8 Å². The minimum atomic E-state index is -0.102. The Bertz CT molecular complexity index is 246. The van der Waals surface area contributed by atoms with E-state index in [4.69, 9.17) is 0 Å². The quantitative estimate of drug-likeness (QED) is 0.516. The Labute approximate surface area is 70.3 Å². The summed E-state index contributed by atoms with van der Waals surface area (Å²) in [6.45, 7) is 4.00. The normalized spacial score (nSPS) is 8.27. The van der Waals surface area contributed by atoms with Crippen LogP contribution >= 0.6 is 11.8 Å². The molecule has 0 fully saturated rings. The van der Waals surface area contributed by atoms with Crippen LogP contribution in [0, 0.1) is 0 Å². The molecule has 1 N–H and O–H groups in total. The van der Waals surface area contributed by atoms with E-state index in [9.17, 15) is 4.79 Å². The summed E-state index contributed by atoms with van der Waals surface area (Å²) in [5, 5.41) is 0.655. The maximum Gasteiger partial charge on any atom is 0.251 e. The van der Waals surface area contributed by atoms with Gasteiger partial charge in [0.05, 0.1) is 0 Å². The largest absolute Gasteiger partial charge is 0.301 e. The lowest BCUT2D eigenvalue weighted by atomic mass is 10.7. The second-order valence-corrected chi connectivity index (χ2v) is 2.24. The summed E-state index contributed by atoms with van der Waals surface area (Å²) in [7, 11) is 0. The molecular formula is C7H12N2OS. The van der Waals surface area contributed by atoms with Gasteiger partial charge < -0.3 is 4.98 Å². The fraction of sp³-hybridized carbons (Fsp3) is 0.429. The molecule has 0 aliphatic rings. The highest BCUT2D eigenvalue weighted by Crippen LogP contribution is 2.01. The lowest BCUT2D eigenvalue weighted by Crippen LogP contribution is -2.04. The molecule has 1 rings (SSSR count). The van der Waals surface area contributed by atoms with Gasteiger partial charge in [-0.1, -0.05) is 25.6 Å². The molecule has 0 aliphatic heterocycles. The molecule has 0 amide bonds. The minimum Gasteiger partial charge on any atom is -0.301 e. The minimum absolute atomic E-state index is 0.102. The van der Waals surface area contributed by atoms with E-state index in [1.165, 1.54) is 24.0 Å². The first-order valence-corrected chi connectivity index (χ1v) is 4.65. The lowest BCUT2D eigenvalue weighted by molar-refractivity contribution is 0.940. The first kappa shape index (κ1) is 10.2. The fourth-order valence-electron chi connectivity index (χ4n) is 0.456. The molecule has 0 atom stereocenters. The van der Waals surface area contributed by atoms with Gasteiger partial charge in [-0.15, -0.1) is 0 Å². The predicted octanol–water partition coefficient (Wildman–Crippen LogP) is 1.52. The van der Waals surface area contributed by atoms with Crippen LogP contribution in [0.25, 0.3) is 0 Å². The van der Waals surface area contributed by atoms with E-state index in [0.29, 0.717) is 5.16 Å². The molecule has 4 heteroatoms. The van der Waals surface area contributed by atoms with Crippen molar-refractivity contribution in [2.24, 2.45) is 0 Å². The Morgan fingerprint density at radius 1 is 1.55 bits per heavy atom. The van der Waals surface area contributed by atoms with Crippen molar-refractivity contribution in [3.05, 3.63) is 22.6 Å². The van der Waals surface area contributed by atoms with Crippen molar-refractivity contribution in [1.29, 1.82) is 0 Å². The summed E-state index contributed by atoms with van der Waals surface area (Å²) < 4.78 is 0. The van der Waals surface area contributed by atoms with Gasteiger partial charge in [-0.2, -0.15) is 0 Å². The van der Waals surface area contributed by atoms with Crippen LogP contribution in [0.1, 0.15) is 13.8 Å². The van der Waals surface area contributed by atoms with Gasteiger partial charge in [0.15, 0.2) is 5.16 Å². The Hall–Kier alpha value is -0.770. The standard InChI is InChI=1S/C5H6N2OS.C2H6/c1-9-5-6-3-2-4(8)7-5;1-2/h2-3H,1H3,(H,6,7,8);1-2H3. The maximum absolute atomic E-state index is 10.5. The number of nitrogens with zero attached hydrogens (tertiary/aromatic N) is 1. The lowest BCUT2D eigenvalue weighted by Gasteiger charge is -1.89. The van der Waals surface area contributed by atoms with Gasteiger partial charge in [0.1, 0.15) is 0 Å². The molecule has 1 aromatic rings. The monoisotopic (exact) mass is 172 g/mol. The van der Waals surface area contributed by atoms with Crippen LogP contribution in [0.15, 0.2) is 22.2 Å². The predicted molar refractivity (Wildman–Crippen MR) is 48.0 cm³/mol.